The molecule has 2 aromatic rings. The smallest absolute Gasteiger partial charge is 0.438 e. The Morgan fingerprint density at radius 2 is 1.96 bits per heavy atom. The molecule has 0 radical (unpaired) electrons. The van der Waals surface area contributed by atoms with E-state index >= 15 is 0 Å². The highest BCUT2D eigenvalue weighted by molar-refractivity contribution is 5.86. The topological polar surface area (TPSA) is 68.2 Å². The third-order valence-corrected chi connectivity index (χ3v) is 3.44. The molecule has 0 unspecified atom stereocenters. The molecule has 0 fully saturated rings. The number of amides is 1. The number of methoxy groups -OCH3 is 1. The van der Waals surface area contributed by atoms with Gasteiger partial charge < -0.3 is 14.2 Å². The standard InChI is InChI=1S/C18H20FNO5/c1-4-24-16-7-5-6-15(20(22)18(21)23-3)13(16)11-25-17-9-8-12(2)10-14(17)19/h5-10,22H,4,11H2,1-3H3. The van der Waals surface area contributed by atoms with Gasteiger partial charge in [-0.2, -0.15) is 5.06 Å². The number of ether oxygens (including phenoxy) is 3. The van der Waals surface area contributed by atoms with Crippen LogP contribution >= 0.6 is 0 Å². The zero-order valence-corrected chi connectivity index (χ0v) is 14.3. The maximum atomic E-state index is 14.0. The van der Waals surface area contributed by atoms with Crippen LogP contribution in [0.5, 0.6) is 11.5 Å². The maximum absolute atomic E-state index is 14.0. The predicted molar refractivity (Wildman–Crippen MR) is 89.8 cm³/mol. The lowest BCUT2D eigenvalue weighted by atomic mass is 10.1. The fraction of sp³-hybridized carbons (Fsp3) is 0.278. The summed E-state index contributed by atoms with van der Waals surface area (Å²) in [7, 11) is 1.15. The van der Waals surface area contributed by atoms with E-state index in [2.05, 4.69) is 4.74 Å². The first kappa shape index (κ1) is 18.5. The van der Waals surface area contributed by atoms with Crippen molar-refractivity contribution in [3.8, 4) is 11.5 Å². The van der Waals surface area contributed by atoms with Crippen molar-refractivity contribution in [3.05, 3.63) is 53.3 Å². The molecule has 1 amide bonds. The molecule has 0 bridgehead atoms. The van der Waals surface area contributed by atoms with E-state index in [1.165, 1.54) is 18.2 Å². The number of hydrogen-bond acceptors (Lipinski definition) is 5. The summed E-state index contributed by atoms with van der Waals surface area (Å²) in [6, 6.07) is 9.39. The van der Waals surface area contributed by atoms with Crippen LogP contribution in [0, 0.1) is 12.7 Å². The Hall–Kier alpha value is -2.80. The lowest BCUT2D eigenvalue weighted by Crippen LogP contribution is -2.28. The Morgan fingerprint density at radius 1 is 1.20 bits per heavy atom. The highest BCUT2D eigenvalue weighted by Crippen LogP contribution is 2.31. The van der Waals surface area contributed by atoms with Gasteiger partial charge in [-0.3, -0.25) is 5.21 Å². The van der Waals surface area contributed by atoms with Gasteiger partial charge >= 0.3 is 6.09 Å². The number of aryl methyl sites for hydroxylation is 1. The number of carbonyl (C=O) groups excluding carboxylic acids is 1. The molecule has 0 saturated heterocycles. The van der Waals surface area contributed by atoms with Crippen LogP contribution in [0.25, 0.3) is 0 Å². The van der Waals surface area contributed by atoms with E-state index in [0.717, 1.165) is 12.7 Å². The van der Waals surface area contributed by atoms with E-state index in [-0.39, 0.29) is 18.0 Å². The summed E-state index contributed by atoms with van der Waals surface area (Å²) in [5, 5.41) is 10.4. The van der Waals surface area contributed by atoms with Crippen LogP contribution in [0.4, 0.5) is 14.9 Å². The SMILES string of the molecule is CCOc1cccc(N(O)C(=O)OC)c1COc1ccc(C)cc1F. The summed E-state index contributed by atoms with van der Waals surface area (Å²) >= 11 is 0. The van der Waals surface area contributed by atoms with E-state index in [1.54, 1.807) is 32.0 Å². The van der Waals surface area contributed by atoms with Crippen molar-refractivity contribution in [2.24, 2.45) is 0 Å². The molecular formula is C18H20FNO5. The molecule has 0 aliphatic rings. The van der Waals surface area contributed by atoms with Gasteiger partial charge in [0.2, 0.25) is 0 Å². The lowest BCUT2D eigenvalue weighted by Gasteiger charge is -2.20. The molecule has 0 atom stereocenters. The fourth-order valence-electron chi connectivity index (χ4n) is 2.25. The van der Waals surface area contributed by atoms with Crippen molar-refractivity contribution in [1.29, 1.82) is 0 Å². The molecule has 0 saturated carbocycles. The number of anilines is 1. The Balaban J connectivity index is 2.34. The summed E-state index contributed by atoms with van der Waals surface area (Å²) in [5.41, 5.74) is 1.29. The minimum absolute atomic E-state index is 0.0606. The van der Waals surface area contributed by atoms with Gasteiger partial charge in [-0.05, 0) is 43.7 Å². The van der Waals surface area contributed by atoms with Crippen molar-refractivity contribution >= 4 is 11.8 Å². The van der Waals surface area contributed by atoms with E-state index in [1.807, 2.05) is 0 Å². The molecule has 0 heterocycles. The summed E-state index contributed by atoms with van der Waals surface area (Å²) in [5.74, 6) is -0.0230. The molecule has 0 aliphatic carbocycles. The normalized spacial score (nSPS) is 10.3. The third kappa shape index (κ3) is 4.39. The van der Waals surface area contributed by atoms with Crippen LogP contribution in [0.15, 0.2) is 36.4 Å². The first-order valence-corrected chi connectivity index (χ1v) is 7.68. The number of nitrogens with zero attached hydrogens (tertiary/aromatic N) is 1. The fourth-order valence-corrected chi connectivity index (χ4v) is 2.25. The number of carbonyl (C=O) groups is 1. The highest BCUT2D eigenvalue weighted by Gasteiger charge is 2.21. The first-order valence-electron chi connectivity index (χ1n) is 7.68. The Bertz CT molecular complexity index is 750. The minimum Gasteiger partial charge on any atom is -0.493 e. The van der Waals surface area contributed by atoms with Gasteiger partial charge in [0.25, 0.3) is 0 Å². The quantitative estimate of drug-likeness (QED) is 0.629. The molecule has 0 aromatic heterocycles. The van der Waals surface area contributed by atoms with E-state index < -0.39 is 11.9 Å². The maximum Gasteiger partial charge on any atom is 0.438 e. The van der Waals surface area contributed by atoms with Crippen molar-refractivity contribution < 1.29 is 28.6 Å². The van der Waals surface area contributed by atoms with Crippen LogP contribution in [-0.2, 0) is 11.3 Å². The average Bonchev–Trinajstić information content (AvgIpc) is 2.60. The molecule has 2 rings (SSSR count). The summed E-state index contributed by atoms with van der Waals surface area (Å²) in [4.78, 5) is 11.6. The molecule has 0 aliphatic heterocycles. The van der Waals surface area contributed by atoms with Crippen molar-refractivity contribution in [2.75, 3.05) is 18.8 Å². The van der Waals surface area contributed by atoms with Crippen molar-refractivity contribution in [1.82, 2.24) is 0 Å². The van der Waals surface area contributed by atoms with Gasteiger partial charge in [0.1, 0.15) is 12.4 Å². The zero-order valence-electron chi connectivity index (χ0n) is 14.3. The predicted octanol–water partition coefficient (Wildman–Crippen LogP) is 4.07. The second-order valence-electron chi connectivity index (χ2n) is 5.19. The number of hydroxylamine groups is 1. The van der Waals surface area contributed by atoms with Gasteiger partial charge in [0.15, 0.2) is 11.6 Å². The van der Waals surface area contributed by atoms with Crippen LogP contribution in [0.2, 0.25) is 0 Å². The van der Waals surface area contributed by atoms with E-state index in [0.29, 0.717) is 23.0 Å². The van der Waals surface area contributed by atoms with Gasteiger partial charge in [-0.1, -0.05) is 12.1 Å². The second kappa shape index (κ2) is 8.34. The Kier molecular flexibility index (Phi) is 6.19. The minimum atomic E-state index is -0.962. The molecule has 25 heavy (non-hydrogen) atoms. The van der Waals surface area contributed by atoms with Crippen LogP contribution in [0.1, 0.15) is 18.1 Å². The Labute approximate surface area is 145 Å². The molecule has 6 nitrogen and oxygen atoms in total. The van der Waals surface area contributed by atoms with Crippen molar-refractivity contribution in [3.63, 3.8) is 0 Å². The highest BCUT2D eigenvalue weighted by atomic mass is 19.1. The second-order valence-corrected chi connectivity index (χ2v) is 5.19. The summed E-state index contributed by atoms with van der Waals surface area (Å²) in [6.07, 6.45) is -0.962. The number of rotatable bonds is 6. The van der Waals surface area contributed by atoms with E-state index in [4.69, 9.17) is 9.47 Å². The van der Waals surface area contributed by atoms with Gasteiger partial charge in [-0.25, -0.2) is 9.18 Å². The number of hydrogen-bond donors (Lipinski definition) is 1. The zero-order chi connectivity index (χ0) is 18.4. The molecule has 134 valence electrons. The van der Waals surface area contributed by atoms with Crippen LogP contribution < -0.4 is 14.5 Å². The molecular weight excluding hydrogens is 329 g/mol. The number of halogens is 1. The van der Waals surface area contributed by atoms with Gasteiger partial charge in [0, 0.05) is 0 Å². The molecule has 0 spiro atoms. The molecule has 1 N–H and O–H groups in total. The first-order chi connectivity index (χ1) is 12.0. The van der Waals surface area contributed by atoms with Crippen LogP contribution in [-0.4, -0.2) is 25.0 Å². The van der Waals surface area contributed by atoms with Crippen LogP contribution in [0.3, 0.4) is 0 Å². The molecule has 7 heteroatoms. The molecule has 2 aromatic carbocycles. The average molecular weight is 349 g/mol. The lowest BCUT2D eigenvalue weighted by molar-refractivity contribution is 0.140. The summed E-state index contributed by atoms with van der Waals surface area (Å²) < 4.78 is 29.5. The number of benzene rings is 2. The van der Waals surface area contributed by atoms with Gasteiger partial charge in [0.05, 0.1) is 25.0 Å². The Morgan fingerprint density at radius 3 is 2.60 bits per heavy atom. The van der Waals surface area contributed by atoms with Gasteiger partial charge in [-0.15, -0.1) is 0 Å². The monoisotopic (exact) mass is 349 g/mol. The van der Waals surface area contributed by atoms with E-state index in [9.17, 15) is 14.4 Å². The third-order valence-electron chi connectivity index (χ3n) is 3.44. The van der Waals surface area contributed by atoms with Crippen molar-refractivity contribution in [2.45, 2.75) is 20.5 Å². The summed E-state index contributed by atoms with van der Waals surface area (Å²) in [6.45, 7) is 3.84. The largest absolute Gasteiger partial charge is 0.493 e.